The molecule has 29 heavy (non-hydrogen) atoms. The number of anilines is 1. The third-order valence-electron chi connectivity index (χ3n) is 4.69. The summed E-state index contributed by atoms with van der Waals surface area (Å²) in [5.74, 6) is -0.306. The summed E-state index contributed by atoms with van der Waals surface area (Å²) in [6.07, 6.45) is 3.06. The molecule has 4 aromatic rings. The number of rotatable bonds is 3. The standard InChI is InChI=1S/C24H18ClNO3/c1-14-11-15(2)24-19(12-14)23(28)18-9-8-17(13-21(18)29-24)26-22(27)10-7-16-5-3-4-6-20(16)25/h3-13H,1-2H3,(H,26,27)/b10-7+. The molecule has 0 fully saturated rings. The first kappa shape index (κ1) is 19.0. The molecule has 3 aromatic carbocycles. The molecule has 1 aromatic heterocycles. The predicted molar refractivity (Wildman–Crippen MR) is 119 cm³/mol. The molecule has 0 aliphatic rings. The van der Waals surface area contributed by atoms with Gasteiger partial charge in [0.05, 0.1) is 10.8 Å². The lowest BCUT2D eigenvalue weighted by atomic mass is 10.1. The highest BCUT2D eigenvalue weighted by molar-refractivity contribution is 6.32. The van der Waals surface area contributed by atoms with Crippen LogP contribution < -0.4 is 10.7 Å². The molecule has 0 atom stereocenters. The Labute approximate surface area is 172 Å². The number of benzene rings is 3. The highest BCUT2D eigenvalue weighted by Gasteiger charge is 2.11. The van der Waals surface area contributed by atoms with Gasteiger partial charge in [-0.15, -0.1) is 0 Å². The Morgan fingerprint density at radius 3 is 2.62 bits per heavy atom. The summed E-state index contributed by atoms with van der Waals surface area (Å²) in [6, 6.07) is 16.1. The molecule has 0 radical (unpaired) electrons. The number of aryl methyl sites for hydroxylation is 2. The summed E-state index contributed by atoms with van der Waals surface area (Å²) in [7, 11) is 0. The van der Waals surface area contributed by atoms with E-state index in [2.05, 4.69) is 5.32 Å². The van der Waals surface area contributed by atoms with E-state index in [0.717, 1.165) is 16.7 Å². The average molecular weight is 404 g/mol. The maximum atomic E-state index is 12.8. The van der Waals surface area contributed by atoms with E-state index in [1.165, 1.54) is 6.08 Å². The number of hydrogen-bond acceptors (Lipinski definition) is 3. The van der Waals surface area contributed by atoms with Crippen molar-refractivity contribution in [2.45, 2.75) is 13.8 Å². The van der Waals surface area contributed by atoms with Gasteiger partial charge in [0.25, 0.3) is 0 Å². The molecule has 1 amide bonds. The number of carbonyl (C=O) groups excluding carboxylic acids is 1. The van der Waals surface area contributed by atoms with Crippen molar-refractivity contribution >= 4 is 51.2 Å². The minimum atomic E-state index is -0.306. The largest absolute Gasteiger partial charge is 0.455 e. The number of nitrogens with one attached hydrogen (secondary N) is 1. The molecule has 0 unspecified atom stereocenters. The highest BCUT2D eigenvalue weighted by Crippen LogP contribution is 2.25. The van der Waals surface area contributed by atoms with Gasteiger partial charge in [-0.1, -0.05) is 35.9 Å². The monoisotopic (exact) mass is 403 g/mol. The number of amides is 1. The van der Waals surface area contributed by atoms with Gasteiger partial charge in [0.2, 0.25) is 11.3 Å². The second kappa shape index (κ2) is 7.57. The second-order valence-corrected chi connectivity index (χ2v) is 7.35. The van der Waals surface area contributed by atoms with Crippen molar-refractivity contribution in [2.75, 3.05) is 5.32 Å². The molecule has 0 saturated carbocycles. The van der Waals surface area contributed by atoms with E-state index in [1.807, 2.05) is 44.2 Å². The smallest absolute Gasteiger partial charge is 0.248 e. The fourth-order valence-electron chi connectivity index (χ4n) is 3.35. The van der Waals surface area contributed by atoms with Crippen LogP contribution in [-0.2, 0) is 4.79 Å². The van der Waals surface area contributed by atoms with Crippen LogP contribution in [0, 0.1) is 13.8 Å². The number of halogens is 1. The minimum Gasteiger partial charge on any atom is -0.455 e. The summed E-state index contributed by atoms with van der Waals surface area (Å²) < 4.78 is 5.99. The van der Waals surface area contributed by atoms with E-state index in [-0.39, 0.29) is 11.3 Å². The van der Waals surface area contributed by atoms with Crippen LogP contribution in [-0.4, -0.2) is 5.91 Å². The summed E-state index contributed by atoms with van der Waals surface area (Å²) in [5, 5.41) is 4.40. The number of hydrogen-bond donors (Lipinski definition) is 1. The van der Waals surface area contributed by atoms with Crippen LogP contribution in [0.3, 0.4) is 0 Å². The van der Waals surface area contributed by atoms with E-state index < -0.39 is 0 Å². The Bertz CT molecular complexity index is 1350. The van der Waals surface area contributed by atoms with E-state index in [1.54, 1.807) is 30.3 Å². The van der Waals surface area contributed by atoms with Gasteiger partial charge < -0.3 is 9.73 Å². The molecule has 1 heterocycles. The Hall–Kier alpha value is -3.37. The van der Waals surface area contributed by atoms with Crippen LogP contribution >= 0.6 is 11.6 Å². The van der Waals surface area contributed by atoms with Gasteiger partial charge in [0.15, 0.2) is 0 Å². The van der Waals surface area contributed by atoms with Crippen molar-refractivity contribution in [1.82, 2.24) is 0 Å². The van der Waals surface area contributed by atoms with Gasteiger partial charge in [0, 0.05) is 22.9 Å². The van der Waals surface area contributed by atoms with Crippen molar-refractivity contribution in [2.24, 2.45) is 0 Å². The van der Waals surface area contributed by atoms with Gasteiger partial charge in [-0.05, 0) is 60.9 Å². The second-order valence-electron chi connectivity index (χ2n) is 6.94. The Morgan fingerprint density at radius 2 is 1.83 bits per heavy atom. The van der Waals surface area contributed by atoms with Crippen molar-refractivity contribution in [3.05, 3.63) is 92.6 Å². The van der Waals surface area contributed by atoms with Crippen molar-refractivity contribution in [3.8, 4) is 0 Å². The molecule has 0 aliphatic heterocycles. The van der Waals surface area contributed by atoms with Crippen LogP contribution in [0.5, 0.6) is 0 Å². The van der Waals surface area contributed by atoms with Gasteiger partial charge in [0.1, 0.15) is 11.2 Å². The number of fused-ring (bicyclic) bond motifs is 2. The maximum Gasteiger partial charge on any atom is 0.248 e. The van der Waals surface area contributed by atoms with E-state index in [9.17, 15) is 9.59 Å². The third kappa shape index (κ3) is 3.80. The SMILES string of the molecule is Cc1cc(C)c2oc3cc(NC(=O)/C=C/c4ccccc4Cl)ccc3c(=O)c2c1. The fraction of sp³-hybridized carbons (Fsp3) is 0.0833. The lowest BCUT2D eigenvalue weighted by Crippen LogP contribution is -2.08. The molecule has 0 bridgehead atoms. The van der Waals surface area contributed by atoms with Crippen LogP contribution in [0.25, 0.3) is 28.0 Å². The molecule has 4 nitrogen and oxygen atoms in total. The van der Waals surface area contributed by atoms with Gasteiger partial charge in [-0.2, -0.15) is 0 Å². The summed E-state index contributed by atoms with van der Waals surface area (Å²) in [4.78, 5) is 25.1. The van der Waals surface area contributed by atoms with Gasteiger partial charge in [-0.25, -0.2) is 0 Å². The summed E-state index contributed by atoms with van der Waals surface area (Å²) in [5.41, 5.74) is 4.12. The summed E-state index contributed by atoms with van der Waals surface area (Å²) >= 11 is 6.09. The Morgan fingerprint density at radius 1 is 1.03 bits per heavy atom. The van der Waals surface area contributed by atoms with Crippen LogP contribution in [0.4, 0.5) is 5.69 Å². The number of carbonyl (C=O) groups is 1. The molecule has 0 saturated heterocycles. The molecule has 5 heteroatoms. The molecular weight excluding hydrogens is 386 g/mol. The normalized spacial score (nSPS) is 11.4. The van der Waals surface area contributed by atoms with Crippen LogP contribution in [0.2, 0.25) is 5.02 Å². The quantitative estimate of drug-likeness (QED) is 0.344. The van der Waals surface area contributed by atoms with Crippen LogP contribution in [0.15, 0.2) is 69.9 Å². The zero-order valence-electron chi connectivity index (χ0n) is 16.0. The lowest BCUT2D eigenvalue weighted by Gasteiger charge is -2.07. The molecular formula is C24H18ClNO3. The van der Waals surface area contributed by atoms with Crippen LogP contribution in [0.1, 0.15) is 16.7 Å². The lowest BCUT2D eigenvalue weighted by molar-refractivity contribution is -0.111. The molecule has 4 rings (SSSR count). The highest BCUT2D eigenvalue weighted by atomic mass is 35.5. The van der Waals surface area contributed by atoms with E-state index in [0.29, 0.717) is 32.6 Å². The molecule has 144 valence electrons. The molecule has 1 N–H and O–H groups in total. The average Bonchev–Trinajstić information content (AvgIpc) is 2.68. The van der Waals surface area contributed by atoms with Crippen molar-refractivity contribution in [1.29, 1.82) is 0 Å². The topological polar surface area (TPSA) is 59.3 Å². The van der Waals surface area contributed by atoms with Crippen molar-refractivity contribution in [3.63, 3.8) is 0 Å². The first-order valence-corrected chi connectivity index (χ1v) is 9.51. The molecule has 0 aliphatic carbocycles. The first-order valence-electron chi connectivity index (χ1n) is 9.14. The van der Waals surface area contributed by atoms with Gasteiger partial charge in [-0.3, -0.25) is 9.59 Å². The third-order valence-corrected chi connectivity index (χ3v) is 5.03. The van der Waals surface area contributed by atoms with E-state index >= 15 is 0 Å². The molecule has 0 spiro atoms. The fourth-order valence-corrected chi connectivity index (χ4v) is 3.54. The van der Waals surface area contributed by atoms with E-state index in [4.69, 9.17) is 16.0 Å². The first-order chi connectivity index (χ1) is 13.9. The zero-order chi connectivity index (χ0) is 20.5. The Kier molecular flexibility index (Phi) is 4.95. The zero-order valence-corrected chi connectivity index (χ0v) is 16.7. The van der Waals surface area contributed by atoms with Gasteiger partial charge >= 0.3 is 0 Å². The predicted octanol–water partition coefficient (Wildman–Crippen LogP) is 5.87. The minimum absolute atomic E-state index is 0.0791. The Balaban J connectivity index is 1.67. The van der Waals surface area contributed by atoms with Crippen molar-refractivity contribution < 1.29 is 9.21 Å². The summed E-state index contributed by atoms with van der Waals surface area (Å²) in [6.45, 7) is 3.86. The maximum absolute atomic E-state index is 12.8.